The molecule has 0 aromatic heterocycles. The van der Waals surface area contributed by atoms with Gasteiger partial charge in [-0.2, -0.15) is 0 Å². The molecule has 0 aromatic carbocycles. The van der Waals surface area contributed by atoms with Crippen molar-refractivity contribution in [3.63, 3.8) is 0 Å². The van der Waals surface area contributed by atoms with Gasteiger partial charge in [-0.3, -0.25) is 4.79 Å². The van der Waals surface area contributed by atoms with Crippen LogP contribution in [-0.2, 0) is 94.8 Å². The van der Waals surface area contributed by atoms with E-state index in [9.17, 15) is 158 Å². The minimum Gasteiger partial charge on any atom is -0.394 e. The zero-order valence-electron chi connectivity index (χ0n) is 60.5. The van der Waals surface area contributed by atoms with E-state index in [1.165, 1.54) is 6.92 Å². The van der Waals surface area contributed by atoms with Gasteiger partial charge in [0.15, 0.2) is 56.6 Å². The largest absolute Gasteiger partial charge is 0.394 e. The monoisotopic (exact) mass is 1680 g/mol. The molecule has 1 amide bonds. The number of hydrogen-bond acceptors (Lipinski definition) is 50. The van der Waals surface area contributed by atoms with Crippen LogP contribution in [0.15, 0.2) is 0 Å². The van der Waals surface area contributed by atoms with Crippen molar-refractivity contribution in [2.24, 2.45) is 0 Å². The van der Waals surface area contributed by atoms with E-state index in [0.29, 0.717) is 0 Å². The second-order valence-electron chi connectivity index (χ2n) is 29.1. The molecule has 22 unspecified atom stereocenters. The summed E-state index contributed by atoms with van der Waals surface area (Å²) >= 11 is 0. The summed E-state index contributed by atoms with van der Waals surface area (Å²) < 4.78 is 112. The highest BCUT2D eigenvalue weighted by molar-refractivity contribution is 5.73. The summed E-state index contributed by atoms with van der Waals surface area (Å²) in [7, 11) is 0. The number of carbonyl (C=O) groups excluding carboxylic acids is 1. The smallest absolute Gasteiger partial charge is 0.217 e. The predicted octanol–water partition coefficient (Wildman–Crippen LogP) is -21.6. The number of nitrogens with one attached hydrogen (secondary N) is 1. The minimum absolute atomic E-state index is 0.722. The third-order valence-electron chi connectivity index (χ3n) is 21.5. The molecule has 0 bridgehead atoms. The molecule has 10 heterocycles. The molecule has 0 saturated carbocycles. The standard InChI is InChI=1S/C63H107NO50/c1-13-25(64-14(2)73)35(83)48(22(10-72)98-13)108-59-47(95)50(110-62-54(42(90)32(80)20(8-70)104-62)114-63-53(41(89)31(79)21(9-71)105-63)113-58-45(93)38(86)28(76)17(5-67)101-58)34(82)24(107-59)11-96-55-46(94)49(109-61-52(40(88)30(78)19(7-69)103-61)112-57-44(92)37(85)27(75)16(4-66)100-57)33(81)23(106-55)12-97-60-51(39(87)29(77)18(6-68)102-60)111-56-43(91)36(84)26(74)15(3-65)99-56/h13,15-63,65-72,74-95H,3-12H2,1-2H3,(H,64,73)/t13-,15?,16-,17-,18?,19-,20-,21-,22?,23?,24?,25?,26+,27+,28+,29+,30+,31+,32+,33+,34?,35+,36-,37?,38?,39-,40?,41?,42?,43?,44?,45?,46?,47?,48?,49-,50-,51?,52?,53?,54?,55-,56+,57+,58+,59-,60-,61+,62+,63+/m0/s1. The zero-order chi connectivity index (χ0) is 83.7. The number of amides is 1. The average Bonchev–Trinajstić information content (AvgIpc) is 0.768. The van der Waals surface area contributed by atoms with Crippen molar-refractivity contribution in [1.82, 2.24) is 5.32 Å². The van der Waals surface area contributed by atoms with Gasteiger partial charge < -0.3 is 249 Å². The lowest BCUT2D eigenvalue weighted by Crippen LogP contribution is -2.69. The number of ether oxygens (including phenoxy) is 19. The van der Waals surface area contributed by atoms with E-state index < -0.39 is 379 Å². The van der Waals surface area contributed by atoms with Crippen LogP contribution in [0.4, 0.5) is 0 Å². The van der Waals surface area contributed by atoms with Gasteiger partial charge >= 0.3 is 0 Å². The Morgan fingerprint density at radius 2 is 0.474 bits per heavy atom. The number of rotatable bonds is 29. The quantitative estimate of drug-likeness (QED) is 0.0331. The average molecular weight is 1680 g/mol. The highest BCUT2D eigenvalue weighted by Gasteiger charge is 2.61. The van der Waals surface area contributed by atoms with E-state index in [0.717, 1.165) is 6.92 Å². The molecule has 51 heteroatoms. The molecule has 114 heavy (non-hydrogen) atoms. The van der Waals surface area contributed by atoms with Crippen molar-refractivity contribution in [2.45, 2.75) is 321 Å². The second kappa shape index (κ2) is 40.7. The fraction of sp³-hybridized carbons (Fsp3) is 0.984. The Morgan fingerprint density at radius 1 is 0.237 bits per heavy atom. The highest BCUT2D eigenvalue weighted by Crippen LogP contribution is 2.41. The van der Waals surface area contributed by atoms with Crippen LogP contribution in [0.1, 0.15) is 13.8 Å². The molecule has 31 N–H and O–H groups in total. The van der Waals surface area contributed by atoms with Crippen LogP contribution < -0.4 is 5.32 Å². The SMILES string of the molecule is CC(=O)NC1[C@@H](O)C(O[C@@H]2OC(CO[C@H]3OC(CO[C@H]4OC(CO)[C@@H](O)[C@H](O)C4O[C@H]4OC(CO)[C@@H](O)[C@H](O)C4O)[C@@H](O)[C@H](O[C@H]4O[C@@H](CO)[C@@H](O)C(O)C4O[C@H]4O[C@@H](CO)[C@@H](O)C(O)C4O)C3O)C(O)[C@H](O[C@H]3O[C@@H](CO)[C@@H](O)C(O)C3O[C@H]3O[C@@H](CO)[C@@H](O)C(O)C3O[C@H]3O[C@@H](CO)[C@@H](O)C(O)C3O)C2O)C(CO)O[C@H]1C. The van der Waals surface area contributed by atoms with E-state index in [-0.39, 0.29) is 0 Å². The van der Waals surface area contributed by atoms with E-state index >= 15 is 0 Å². The normalized spacial score (nSPS) is 52.6. The van der Waals surface area contributed by atoms with Crippen LogP contribution in [-0.4, -0.2) is 532 Å². The lowest BCUT2D eigenvalue weighted by molar-refractivity contribution is -0.407. The maximum absolute atomic E-state index is 12.6. The van der Waals surface area contributed by atoms with Gasteiger partial charge in [-0.1, -0.05) is 0 Å². The molecule has 10 saturated heterocycles. The van der Waals surface area contributed by atoms with Crippen LogP contribution in [0.3, 0.4) is 0 Å². The van der Waals surface area contributed by atoms with Gasteiger partial charge in [-0.25, -0.2) is 0 Å². The van der Waals surface area contributed by atoms with Crippen LogP contribution in [0.2, 0.25) is 0 Å². The molecule has 10 aliphatic rings. The van der Waals surface area contributed by atoms with Crippen molar-refractivity contribution in [3.05, 3.63) is 0 Å². The Balaban J connectivity index is 0.999. The number of carbonyl (C=O) groups is 1. The third-order valence-corrected chi connectivity index (χ3v) is 21.5. The highest BCUT2D eigenvalue weighted by atomic mass is 16.8. The summed E-state index contributed by atoms with van der Waals surface area (Å²) in [6.45, 7) is -8.51. The topological polar surface area (TPSA) is 811 Å². The van der Waals surface area contributed by atoms with Crippen molar-refractivity contribution >= 4 is 5.91 Å². The number of aliphatic hydroxyl groups excluding tert-OH is 30. The minimum atomic E-state index is -2.54. The molecule has 10 aliphatic heterocycles. The van der Waals surface area contributed by atoms with Crippen LogP contribution in [0.5, 0.6) is 0 Å². The molecule has 51 nitrogen and oxygen atoms in total. The summed E-state index contributed by atoms with van der Waals surface area (Å²) in [5.41, 5.74) is 0. The van der Waals surface area contributed by atoms with Gasteiger partial charge in [-0.05, 0) is 6.92 Å². The summed E-state index contributed by atoms with van der Waals surface area (Å²) in [5, 5.41) is 334. The van der Waals surface area contributed by atoms with Gasteiger partial charge in [0, 0.05) is 6.92 Å². The molecule has 0 aromatic rings. The lowest BCUT2D eigenvalue weighted by Gasteiger charge is -2.50. The molecule has 0 radical (unpaired) electrons. The van der Waals surface area contributed by atoms with Crippen LogP contribution in [0.25, 0.3) is 0 Å². The summed E-state index contributed by atoms with van der Waals surface area (Å²) in [6, 6.07) is -1.37. The maximum Gasteiger partial charge on any atom is 0.217 e. The third kappa shape index (κ3) is 19.8. The molecule has 664 valence electrons. The first-order valence-corrected chi connectivity index (χ1v) is 36.5. The molecule has 50 atom stereocenters. The van der Waals surface area contributed by atoms with Crippen LogP contribution >= 0.6 is 0 Å². The predicted molar refractivity (Wildman–Crippen MR) is 345 cm³/mol. The fourth-order valence-electron chi connectivity index (χ4n) is 14.8. The zero-order valence-corrected chi connectivity index (χ0v) is 60.5. The fourth-order valence-corrected chi connectivity index (χ4v) is 14.8. The van der Waals surface area contributed by atoms with Crippen LogP contribution in [0, 0.1) is 0 Å². The molecule has 0 aliphatic carbocycles. The molecular formula is C63H107NO50. The van der Waals surface area contributed by atoms with Crippen molar-refractivity contribution < 1.29 is 248 Å². The van der Waals surface area contributed by atoms with Crippen molar-refractivity contribution in [3.8, 4) is 0 Å². The Morgan fingerprint density at radius 3 is 0.798 bits per heavy atom. The Labute approximate surface area is 644 Å². The Kier molecular flexibility index (Phi) is 33.5. The van der Waals surface area contributed by atoms with Crippen molar-refractivity contribution in [1.29, 1.82) is 0 Å². The first kappa shape index (κ1) is 93.8. The maximum atomic E-state index is 12.6. The van der Waals surface area contributed by atoms with Gasteiger partial charge in [0.25, 0.3) is 0 Å². The number of hydrogen-bond donors (Lipinski definition) is 31. The van der Waals surface area contributed by atoms with E-state index in [2.05, 4.69) is 5.32 Å². The number of aliphatic hydroxyl groups is 30. The van der Waals surface area contributed by atoms with Gasteiger partial charge in [0.1, 0.15) is 238 Å². The molecule has 0 spiro atoms. The van der Waals surface area contributed by atoms with Gasteiger partial charge in [0.2, 0.25) is 5.91 Å². The lowest BCUT2D eigenvalue weighted by atomic mass is 9.92. The first-order chi connectivity index (χ1) is 54.0. The molecule has 10 fully saturated rings. The van der Waals surface area contributed by atoms with E-state index in [1.54, 1.807) is 0 Å². The summed E-state index contributed by atoms with van der Waals surface area (Å²) in [6.07, 6.45) is -104. The Bertz CT molecular complexity index is 2910. The van der Waals surface area contributed by atoms with E-state index in [1.807, 2.05) is 0 Å². The van der Waals surface area contributed by atoms with Gasteiger partial charge in [-0.15, -0.1) is 0 Å². The summed E-state index contributed by atoms with van der Waals surface area (Å²) in [4.78, 5) is 12.5. The molecule has 10 rings (SSSR count). The Hall–Kier alpha value is -2.49. The van der Waals surface area contributed by atoms with E-state index in [4.69, 9.17) is 90.0 Å². The summed E-state index contributed by atoms with van der Waals surface area (Å²) in [5.74, 6) is -0.722. The second-order valence-corrected chi connectivity index (χ2v) is 29.1. The first-order valence-electron chi connectivity index (χ1n) is 36.5. The van der Waals surface area contributed by atoms with Crippen molar-refractivity contribution in [2.75, 3.05) is 66.1 Å². The van der Waals surface area contributed by atoms with Gasteiger partial charge in [0.05, 0.1) is 78.2 Å². The molecular weight excluding hydrogens is 1570 g/mol.